The predicted molar refractivity (Wildman–Crippen MR) is 75.9 cm³/mol. The number of thioether (sulfide) groups is 1. The fourth-order valence-electron chi connectivity index (χ4n) is 1.82. The third kappa shape index (κ3) is 2.64. The summed E-state index contributed by atoms with van der Waals surface area (Å²) in [7, 11) is 1.65. The quantitative estimate of drug-likeness (QED) is 0.863. The molecule has 1 unspecified atom stereocenters. The molecule has 0 saturated heterocycles. The van der Waals surface area contributed by atoms with Crippen molar-refractivity contribution in [2.75, 3.05) is 7.05 Å². The van der Waals surface area contributed by atoms with E-state index in [-0.39, 0.29) is 11.2 Å². The first-order valence-electron chi connectivity index (χ1n) is 5.86. The van der Waals surface area contributed by atoms with E-state index in [1.54, 1.807) is 7.05 Å². The van der Waals surface area contributed by atoms with Crippen molar-refractivity contribution in [2.45, 2.75) is 24.1 Å². The molecule has 0 aliphatic heterocycles. The summed E-state index contributed by atoms with van der Waals surface area (Å²) in [5.74, 6) is 0.0209. The molecule has 1 aromatic heterocycles. The van der Waals surface area contributed by atoms with E-state index in [1.165, 1.54) is 17.3 Å². The van der Waals surface area contributed by atoms with Crippen LogP contribution in [0.2, 0.25) is 0 Å². The molecule has 3 nitrogen and oxygen atoms in total. The standard InChI is InChI=1S/C14H16N2OS/c1-9-8-13(18-10(2)14(17)15-3)16-12-7-5-4-6-11(9)12/h4-8,10H,1-3H3,(H,15,17). The molecule has 0 radical (unpaired) electrons. The highest BCUT2D eigenvalue weighted by Crippen LogP contribution is 2.26. The number of amides is 1. The fourth-order valence-corrected chi connectivity index (χ4v) is 2.80. The molecule has 94 valence electrons. The van der Waals surface area contributed by atoms with Gasteiger partial charge in [0.25, 0.3) is 0 Å². The number of para-hydroxylation sites is 1. The van der Waals surface area contributed by atoms with Crippen molar-refractivity contribution in [3.05, 3.63) is 35.9 Å². The summed E-state index contributed by atoms with van der Waals surface area (Å²) >= 11 is 1.48. The largest absolute Gasteiger partial charge is 0.358 e. The normalized spacial score (nSPS) is 12.4. The van der Waals surface area contributed by atoms with E-state index in [1.807, 2.05) is 31.2 Å². The predicted octanol–water partition coefficient (Wildman–Crippen LogP) is 2.77. The van der Waals surface area contributed by atoms with Gasteiger partial charge in [-0.25, -0.2) is 4.98 Å². The Bertz CT molecular complexity index is 583. The molecule has 1 heterocycles. The van der Waals surface area contributed by atoms with Gasteiger partial charge in [0.1, 0.15) is 0 Å². The highest BCUT2D eigenvalue weighted by atomic mass is 32.2. The summed E-state index contributed by atoms with van der Waals surface area (Å²) < 4.78 is 0. The van der Waals surface area contributed by atoms with Crippen LogP contribution >= 0.6 is 11.8 Å². The van der Waals surface area contributed by atoms with Crippen LogP contribution in [-0.2, 0) is 4.79 Å². The number of rotatable bonds is 3. The number of nitrogens with one attached hydrogen (secondary N) is 1. The number of nitrogens with zero attached hydrogens (tertiary/aromatic N) is 1. The molecule has 0 saturated carbocycles. The Kier molecular flexibility index (Phi) is 3.87. The van der Waals surface area contributed by atoms with Crippen molar-refractivity contribution in [1.82, 2.24) is 10.3 Å². The van der Waals surface area contributed by atoms with Gasteiger partial charge in [0.15, 0.2) is 0 Å². The first kappa shape index (κ1) is 12.9. The zero-order valence-corrected chi connectivity index (χ0v) is 11.5. The number of fused-ring (bicyclic) bond motifs is 1. The summed E-state index contributed by atoms with van der Waals surface area (Å²) in [6.07, 6.45) is 0. The number of aromatic nitrogens is 1. The maximum atomic E-state index is 11.5. The topological polar surface area (TPSA) is 42.0 Å². The average Bonchev–Trinajstić information content (AvgIpc) is 2.37. The van der Waals surface area contributed by atoms with Gasteiger partial charge in [0.2, 0.25) is 5.91 Å². The maximum Gasteiger partial charge on any atom is 0.233 e. The molecule has 1 atom stereocenters. The number of benzene rings is 1. The summed E-state index contributed by atoms with van der Waals surface area (Å²) in [6, 6.07) is 10.1. The Hall–Kier alpha value is -1.55. The van der Waals surface area contributed by atoms with Gasteiger partial charge in [0, 0.05) is 12.4 Å². The Balaban J connectivity index is 2.32. The lowest BCUT2D eigenvalue weighted by Gasteiger charge is -2.10. The third-order valence-electron chi connectivity index (χ3n) is 2.81. The van der Waals surface area contributed by atoms with Gasteiger partial charge >= 0.3 is 0 Å². The highest BCUT2D eigenvalue weighted by molar-refractivity contribution is 8.00. The van der Waals surface area contributed by atoms with E-state index >= 15 is 0 Å². The van der Waals surface area contributed by atoms with Crippen LogP contribution in [0.15, 0.2) is 35.4 Å². The van der Waals surface area contributed by atoms with E-state index in [0.717, 1.165) is 15.9 Å². The second-order valence-electron chi connectivity index (χ2n) is 4.17. The minimum atomic E-state index is -0.136. The fraction of sp³-hybridized carbons (Fsp3) is 0.286. The number of hydrogen-bond acceptors (Lipinski definition) is 3. The van der Waals surface area contributed by atoms with E-state index in [9.17, 15) is 4.79 Å². The van der Waals surface area contributed by atoms with E-state index in [0.29, 0.717) is 0 Å². The van der Waals surface area contributed by atoms with Gasteiger partial charge in [-0.3, -0.25) is 4.79 Å². The van der Waals surface area contributed by atoms with Gasteiger partial charge in [-0.1, -0.05) is 30.0 Å². The lowest BCUT2D eigenvalue weighted by atomic mass is 10.1. The lowest BCUT2D eigenvalue weighted by molar-refractivity contribution is -0.119. The van der Waals surface area contributed by atoms with Gasteiger partial charge in [-0.15, -0.1) is 0 Å². The molecule has 2 aromatic rings. The summed E-state index contributed by atoms with van der Waals surface area (Å²) in [6.45, 7) is 3.95. The first-order valence-corrected chi connectivity index (χ1v) is 6.74. The molecule has 4 heteroatoms. The number of aryl methyl sites for hydroxylation is 1. The van der Waals surface area contributed by atoms with Crippen LogP contribution in [0.4, 0.5) is 0 Å². The van der Waals surface area contributed by atoms with Crippen LogP contribution < -0.4 is 5.32 Å². The maximum absolute atomic E-state index is 11.5. The van der Waals surface area contributed by atoms with Crippen LogP contribution in [0.1, 0.15) is 12.5 Å². The molecule has 0 aliphatic rings. The number of carbonyl (C=O) groups is 1. The molecule has 18 heavy (non-hydrogen) atoms. The van der Waals surface area contributed by atoms with E-state index in [4.69, 9.17) is 0 Å². The molecule has 1 aromatic carbocycles. The Morgan fingerprint density at radius 3 is 2.83 bits per heavy atom. The van der Waals surface area contributed by atoms with E-state index < -0.39 is 0 Å². The second-order valence-corrected chi connectivity index (χ2v) is 5.53. The molecule has 2 rings (SSSR count). The minimum Gasteiger partial charge on any atom is -0.358 e. The third-order valence-corrected chi connectivity index (χ3v) is 3.83. The Morgan fingerprint density at radius 2 is 2.11 bits per heavy atom. The Morgan fingerprint density at radius 1 is 1.39 bits per heavy atom. The molecule has 0 aliphatic carbocycles. The minimum absolute atomic E-state index is 0.0209. The highest BCUT2D eigenvalue weighted by Gasteiger charge is 2.14. The Labute approximate surface area is 111 Å². The lowest BCUT2D eigenvalue weighted by Crippen LogP contribution is -2.27. The summed E-state index contributed by atoms with van der Waals surface area (Å²) in [4.78, 5) is 16.1. The molecule has 1 N–H and O–H groups in total. The number of hydrogen-bond donors (Lipinski definition) is 1. The van der Waals surface area contributed by atoms with Crippen LogP contribution in [0.5, 0.6) is 0 Å². The average molecular weight is 260 g/mol. The van der Waals surface area contributed by atoms with Crippen LogP contribution in [0.3, 0.4) is 0 Å². The molecular weight excluding hydrogens is 244 g/mol. The number of pyridine rings is 1. The van der Waals surface area contributed by atoms with Gasteiger partial charge < -0.3 is 5.32 Å². The molecule has 0 spiro atoms. The number of carbonyl (C=O) groups excluding carboxylic acids is 1. The molecule has 0 bridgehead atoms. The van der Waals surface area contributed by atoms with Crippen LogP contribution in [0.25, 0.3) is 10.9 Å². The zero-order chi connectivity index (χ0) is 13.1. The zero-order valence-electron chi connectivity index (χ0n) is 10.7. The summed E-state index contributed by atoms with van der Waals surface area (Å²) in [5.41, 5.74) is 2.16. The van der Waals surface area contributed by atoms with Crippen molar-refractivity contribution in [2.24, 2.45) is 0 Å². The smallest absolute Gasteiger partial charge is 0.233 e. The van der Waals surface area contributed by atoms with Crippen molar-refractivity contribution in [3.8, 4) is 0 Å². The van der Waals surface area contributed by atoms with Gasteiger partial charge in [-0.2, -0.15) is 0 Å². The second kappa shape index (κ2) is 5.40. The van der Waals surface area contributed by atoms with Crippen LogP contribution in [-0.4, -0.2) is 23.2 Å². The van der Waals surface area contributed by atoms with Crippen molar-refractivity contribution < 1.29 is 4.79 Å². The van der Waals surface area contributed by atoms with Crippen molar-refractivity contribution in [3.63, 3.8) is 0 Å². The summed E-state index contributed by atoms with van der Waals surface area (Å²) in [5, 5.41) is 4.57. The monoisotopic (exact) mass is 260 g/mol. The van der Waals surface area contributed by atoms with Crippen LogP contribution in [0, 0.1) is 6.92 Å². The van der Waals surface area contributed by atoms with Crippen molar-refractivity contribution in [1.29, 1.82) is 0 Å². The molecule has 0 fully saturated rings. The molecule has 1 amide bonds. The SMILES string of the molecule is CNC(=O)C(C)Sc1cc(C)c2ccccc2n1. The van der Waals surface area contributed by atoms with E-state index in [2.05, 4.69) is 23.3 Å². The van der Waals surface area contributed by atoms with Gasteiger partial charge in [-0.05, 0) is 31.5 Å². The van der Waals surface area contributed by atoms with Gasteiger partial charge in [0.05, 0.1) is 15.8 Å². The van der Waals surface area contributed by atoms with Crippen molar-refractivity contribution >= 4 is 28.6 Å². The first-order chi connectivity index (χ1) is 8.61. The molecular formula is C14H16N2OS.